The maximum absolute atomic E-state index is 12.6. The van der Waals surface area contributed by atoms with Gasteiger partial charge in [-0.25, -0.2) is 13.1 Å². The predicted molar refractivity (Wildman–Crippen MR) is 99.5 cm³/mol. The van der Waals surface area contributed by atoms with Crippen LogP contribution in [-0.2, 0) is 14.8 Å². The van der Waals surface area contributed by atoms with Crippen molar-refractivity contribution < 1.29 is 13.2 Å². The number of nitrogens with one attached hydrogen (secondary N) is 1. The van der Waals surface area contributed by atoms with Crippen LogP contribution in [0, 0.1) is 11.8 Å². The quantitative estimate of drug-likeness (QED) is 0.671. The SMILES string of the molecule is C[C@H](C(=O)C(Cl)(Cl)Cl)[C@H](NS(=O)(=O)c1cccs1)C1CCCCC1. The Morgan fingerprint density at radius 1 is 1.29 bits per heavy atom. The van der Waals surface area contributed by atoms with Crippen molar-refractivity contribution in [2.75, 3.05) is 0 Å². The number of Topliss-reactive ketones (excluding diaryl/α,β-unsaturated/α-hetero) is 1. The van der Waals surface area contributed by atoms with Crippen LogP contribution < -0.4 is 4.72 Å². The summed E-state index contributed by atoms with van der Waals surface area (Å²) in [6.45, 7) is 1.63. The number of rotatable bonds is 6. The zero-order valence-corrected chi connectivity index (χ0v) is 17.1. The number of thiophene rings is 1. The summed E-state index contributed by atoms with van der Waals surface area (Å²) in [6.07, 6.45) is 4.85. The molecule has 4 nitrogen and oxygen atoms in total. The fourth-order valence-electron chi connectivity index (χ4n) is 3.17. The number of halogens is 3. The van der Waals surface area contributed by atoms with E-state index in [1.807, 2.05) is 0 Å². The first-order valence-corrected chi connectivity index (χ1v) is 11.3. The second-order valence-corrected chi connectivity index (χ2v) is 11.3. The molecule has 1 aliphatic rings. The minimum absolute atomic E-state index is 0.0554. The Balaban J connectivity index is 2.27. The van der Waals surface area contributed by atoms with E-state index in [0.717, 1.165) is 43.4 Å². The van der Waals surface area contributed by atoms with Gasteiger partial charge in [0.15, 0.2) is 5.78 Å². The molecule has 1 aromatic rings. The molecule has 0 spiro atoms. The first-order valence-electron chi connectivity index (χ1n) is 7.80. The molecular formula is C15H20Cl3NO3S2. The van der Waals surface area contributed by atoms with E-state index in [2.05, 4.69) is 4.72 Å². The molecule has 1 N–H and O–H groups in total. The standard InChI is InChI=1S/C15H20Cl3NO3S2/c1-10(14(20)15(16,17)18)13(11-6-3-2-4-7-11)19-24(21,22)12-8-5-9-23-12/h5,8-11,13,19H,2-4,6-7H2,1H3/t10-,13-/m0/s1. The first-order chi connectivity index (χ1) is 11.1. The van der Waals surface area contributed by atoms with E-state index >= 15 is 0 Å². The fourth-order valence-corrected chi connectivity index (χ4v) is 6.09. The molecule has 1 aromatic heterocycles. The van der Waals surface area contributed by atoms with Gasteiger partial charge in [-0.1, -0.05) is 67.1 Å². The Kier molecular flexibility index (Phi) is 7.02. The van der Waals surface area contributed by atoms with Gasteiger partial charge in [-0.2, -0.15) is 0 Å². The minimum Gasteiger partial charge on any atom is -0.294 e. The molecule has 0 aliphatic heterocycles. The Hall–Kier alpha value is 0.150. The summed E-state index contributed by atoms with van der Waals surface area (Å²) < 4.78 is 26.1. The Bertz CT molecular complexity index is 650. The van der Waals surface area contributed by atoms with Gasteiger partial charge in [0, 0.05) is 12.0 Å². The van der Waals surface area contributed by atoms with Crippen molar-refractivity contribution in [2.24, 2.45) is 11.8 Å². The molecule has 136 valence electrons. The largest absolute Gasteiger partial charge is 0.294 e. The lowest BCUT2D eigenvalue weighted by molar-refractivity contribution is -0.122. The first kappa shape index (κ1) is 20.5. The summed E-state index contributed by atoms with van der Waals surface area (Å²) in [6, 6.07) is 2.62. The maximum atomic E-state index is 12.6. The zero-order chi connectivity index (χ0) is 18.0. The molecule has 24 heavy (non-hydrogen) atoms. The number of hydrogen-bond acceptors (Lipinski definition) is 4. The summed E-state index contributed by atoms with van der Waals surface area (Å²) in [5.74, 6) is -1.26. The van der Waals surface area contributed by atoms with Gasteiger partial charge in [0.25, 0.3) is 0 Å². The number of carbonyl (C=O) groups is 1. The van der Waals surface area contributed by atoms with E-state index < -0.39 is 31.6 Å². The van der Waals surface area contributed by atoms with Crippen LogP contribution in [0.3, 0.4) is 0 Å². The number of hydrogen-bond donors (Lipinski definition) is 1. The van der Waals surface area contributed by atoms with Crippen LogP contribution in [0.5, 0.6) is 0 Å². The molecule has 2 rings (SSSR count). The maximum Gasteiger partial charge on any atom is 0.250 e. The third kappa shape index (κ3) is 5.08. The summed E-state index contributed by atoms with van der Waals surface area (Å²) in [5.41, 5.74) is 0. The van der Waals surface area contributed by atoms with Gasteiger partial charge in [-0.3, -0.25) is 4.79 Å². The van der Waals surface area contributed by atoms with E-state index in [1.165, 1.54) is 6.07 Å². The van der Waals surface area contributed by atoms with E-state index in [-0.39, 0.29) is 10.1 Å². The third-order valence-electron chi connectivity index (χ3n) is 4.44. The second kappa shape index (κ2) is 8.23. The monoisotopic (exact) mass is 431 g/mol. The van der Waals surface area contributed by atoms with Crippen LogP contribution in [-0.4, -0.2) is 24.0 Å². The Morgan fingerprint density at radius 3 is 2.42 bits per heavy atom. The number of ketones is 1. The lowest BCUT2D eigenvalue weighted by Gasteiger charge is -2.34. The third-order valence-corrected chi connectivity index (χ3v) is 7.86. The van der Waals surface area contributed by atoms with Crippen LogP contribution in [0.4, 0.5) is 0 Å². The molecule has 0 unspecified atom stereocenters. The molecule has 2 atom stereocenters. The molecule has 0 saturated heterocycles. The van der Waals surface area contributed by atoms with E-state index in [9.17, 15) is 13.2 Å². The van der Waals surface area contributed by atoms with Crippen LogP contribution >= 0.6 is 46.1 Å². The van der Waals surface area contributed by atoms with Gasteiger partial charge >= 0.3 is 0 Å². The van der Waals surface area contributed by atoms with Crippen LogP contribution in [0.2, 0.25) is 0 Å². The highest BCUT2D eigenvalue weighted by atomic mass is 35.6. The zero-order valence-electron chi connectivity index (χ0n) is 13.2. The minimum atomic E-state index is -3.70. The van der Waals surface area contributed by atoms with Gasteiger partial charge in [-0.15, -0.1) is 11.3 Å². The van der Waals surface area contributed by atoms with Crippen molar-refractivity contribution in [2.45, 2.75) is 53.1 Å². The van der Waals surface area contributed by atoms with Crippen LogP contribution in [0.25, 0.3) is 0 Å². The topological polar surface area (TPSA) is 63.2 Å². The van der Waals surface area contributed by atoms with Gasteiger partial charge < -0.3 is 0 Å². The fraction of sp³-hybridized carbons (Fsp3) is 0.667. The van der Waals surface area contributed by atoms with Gasteiger partial charge in [0.05, 0.1) is 0 Å². The van der Waals surface area contributed by atoms with Crippen molar-refractivity contribution >= 4 is 61.9 Å². The predicted octanol–water partition coefficient (Wildman–Crippen LogP) is 4.55. The molecular weight excluding hydrogens is 413 g/mol. The van der Waals surface area contributed by atoms with E-state index in [1.54, 1.807) is 18.4 Å². The summed E-state index contributed by atoms with van der Waals surface area (Å²) in [5, 5.41) is 1.69. The summed E-state index contributed by atoms with van der Waals surface area (Å²) in [7, 11) is -3.70. The van der Waals surface area contributed by atoms with E-state index in [4.69, 9.17) is 34.8 Å². The van der Waals surface area contributed by atoms with Gasteiger partial charge in [-0.05, 0) is 30.2 Å². The smallest absolute Gasteiger partial charge is 0.250 e. The molecule has 1 saturated carbocycles. The Morgan fingerprint density at radius 2 is 1.92 bits per heavy atom. The lowest BCUT2D eigenvalue weighted by Crippen LogP contribution is -2.49. The average molecular weight is 433 g/mol. The van der Waals surface area contributed by atoms with Crippen LogP contribution in [0.1, 0.15) is 39.0 Å². The molecule has 0 aromatic carbocycles. The highest BCUT2D eigenvalue weighted by Gasteiger charge is 2.42. The van der Waals surface area contributed by atoms with Gasteiger partial charge in [0.1, 0.15) is 4.21 Å². The van der Waals surface area contributed by atoms with Crippen molar-refractivity contribution in [1.29, 1.82) is 0 Å². The number of alkyl halides is 3. The Labute approximate surface area is 161 Å². The van der Waals surface area contributed by atoms with Gasteiger partial charge in [0.2, 0.25) is 13.8 Å². The van der Waals surface area contributed by atoms with Crippen molar-refractivity contribution in [1.82, 2.24) is 4.72 Å². The molecule has 0 amide bonds. The highest BCUT2D eigenvalue weighted by Crippen LogP contribution is 2.36. The normalized spacial score (nSPS) is 19.8. The van der Waals surface area contributed by atoms with Crippen molar-refractivity contribution in [3.63, 3.8) is 0 Å². The number of carbonyl (C=O) groups excluding carboxylic acids is 1. The molecule has 0 radical (unpaired) electrons. The highest BCUT2D eigenvalue weighted by molar-refractivity contribution is 7.91. The molecule has 9 heteroatoms. The summed E-state index contributed by atoms with van der Waals surface area (Å²) in [4.78, 5) is 12.4. The lowest BCUT2D eigenvalue weighted by atomic mass is 9.78. The molecule has 1 fully saturated rings. The molecule has 1 aliphatic carbocycles. The molecule has 0 bridgehead atoms. The van der Waals surface area contributed by atoms with E-state index in [0.29, 0.717) is 0 Å². The molecule has 1 heterocycles. The van der Waals surface area contributed by atoms with Crippen LogP contribution in [0.15, 0.2) is 21.7 Å². The summed E-state index contributed by atoms with van der Waals surface area (Å²) >= 11 is 18.3. The average Bonchev–Trinajstić information content (AvgIpc) is 3.06. The van der Waals surface area contributed by atoms with Crippen molar-refractivity contribution in [3.05, 3.63) is 17.5 Å². The second-order valence-electron chi connectivity index (χ2n) is 6.13. The number of sulfonamides is 1. The van der Waals surface area contributed by atoms with Crippen molar-refractivity contribution in [3.8, 4) is 0 Å².